The number of anilines is 1. The molecular formula is C9H6F3N3S. The smallest absolute Gasteiger partial charge is 0.381 e. The molecule has 84 valence electrons. The lowest BCUT2D eigenvalue weighted by molar-refractivity contribution is -0.137. The summed E-state index contributed by atoms with van der Waals surface area (Å²) in [6, 6.07) is 4.65. The van der Waals surface area contributed by atoms with Gasteiger partial charge >= 0.3 is 6.18 Å². The lowest BCUT2D eigenvalue weighted by Gasteiger charge is -2.06. The molecule has 3 nitrogen and oxygen atoms in total. The number of aromatic nitrogens is 2. The topological polar surface area (TPSA) is 51.8 Å². The fraction of sp³-hybridized carbons (Fsp3) is 0.111. The van der Waals surface area contributed by atoms with E-state index in [0.29, 0.717) is 11.3 Å². The standard InChI is InChI=1S/C9H6F3N3S/c10-9(11,12)6-3-1-5(2-4-6)7-8(13)15-16-14-7/h1-4H,(H2,13,15). The van der Waals surface area contributed by atoms with Crippen molar-refractivity contribution in [1.82, 2.24) is 8.75 Å². The van der Waals surface area contributed by atoms with Gasteiger partial charge in [0.05, 0.1) is 17.3 Å². The highest BCUT2D eigenvalue weighted by molar-refractivity contribution is 6.99. The van der Waals surface area contributed by atoms with Crippen molar-refractivity contribution in [2.24, 2.45) is 0 Å². The number of hydrogen-bond donors (Lipinski definition) is 1. The lowest BCUT2D eigenvalue weighted by Crippen LogP contribution is -2.04. The number of nitrogen functional groups attached to an aromatic ring is 1. The normalized spacial score (nSPS) is 11.7. The largest absolute Gasteiger partial charge is 0.416 e. The molecule has 16 heavy (non-hydrogen) atoms. The molecule has 2 aromatic rings. The van der Waals surface area contributed by atoms with Crippen LogP contribution in [0.2, 0.25) is 0 Å². The van der Waals surface area contributed by atoms with Crippen molar-refractivity contribution in [2.45, 2.75) is 6.18 Å². The third kappa shape index (κ3) is 1.99. The van der Waals surface area contributed by atoms with E-state index in [-0.39, 0.29) is 5.82 Å². The summed E-state index contributed by atoms with van der Waals surface area (Å²) in [5, 5.41) is 0. The van der Waals surface area contributed by atoms with E-state index in [1.165, 1.54) is 12.1 Å². The molecule has 0 amide bonds. The molecule has 0 fully saturated rings. The zero-order valence-electron chi connectivity index (χ0n) is 7.82. The van der Waals surface area contributed by atoms with Gasteiger partial charge in [-0.3, -0.25) is 0 Å². The number of nitrogens with two attached hydrogens (primary N) is 1. The maximum absolute atomic E-state index is 12.3. The molecule has 2 rings (SSSR count). The summed E-state index contributed by atoms with van der Waals surface area (Å²) in [5.74, 6) is 0.227. The lowest BCUT2D eigenvalue weighted by atomic mass is 10.1. The Morgan fingerprint density at radius 3 is 2.12 bits per heavy atom. The van der Waals surface area contributed by atoms with Gasteiger partial charge in [0.25, 0.3) is 0 Å². The van der Waals surface area contributed by atoms with Crippen LogP contribution in [0.4, 0.5) is 19.0 Å². The van der Waals surface area contributed by atoms with Crippen LogP contribution in [0, 0.1) is 0 Å². The van der Waals surface area contributed by atoms with Gasteiger partial charge in [0.2, 0.25) is 0 Å². The molecule has 0 radical (unpaired) electrons. The van der Waals surface area contributed by atoms with Gasteiger partial charge in [-0.25, -0.2) is 0 Å². The van der Waals surface area contributed by atoms with Gasteiger partial charge in [-0.15, -0.1) is 0 Å². The van der Waals surface area contributed by atoms with Gasteiger partial charge in [-0.1, -0.05) is 12.1 Å². The molecule has 0 unspecified atom stereocenters. The van der Waals surface area contributed by atoms with Gasteiger partial charge in [-0.2, -0.15) is 21.9 Å². The average Bonchev–Trinajstić information content (AvgIpc) is 2.63. The van der Waals surface area contributed by atoms with Crippen LogP contribution in [0.3, 0.4) is 0 Å². The van der Waals surface area contributed by atoms with Crippen LogP contribution >= 0.6 is 11.7 Å². The van der Waals surface area contributed by atoms with Gasteiger partial charge in [0.1, 0.15) is 5.69 Å². The predicted octanol–water partition coefficient (Wildman–Crippen LogP) is 2.81. The van der Waals surface area contributed by atoms with Gasteiger partial charge in [0, 0.05) is 5.56 Å². The van der Waals surface area contributed by atoms with E-state index < -0.39 is 11.7 Å². The number of hydrogen-bond acceptors (Lipinski definition) is 4. The van der Waals surface area contributed by atoms with Crippen molar-refractivity contribution in [2.75, 3.05) is 5.73 Å². The Morgan fingerprint density at radius 2 is 1.69 bits per heavy atom. The highest BCUT2D eigenvalue weighted by Gasteiger charge is 2.30. The van der Waals surface area contributed by atoms with E-state index in [1.807, 2.05) is 0 Å². The average molecular weight is 245 g/mol. The van der Waals surface area contributed by atoms with Gasteiger partial charge in [-0.05, 0) is 12.1 Å². The predicted molar refractivity (Wildman–Crippen MR) is 54.8 cm³/mol. The van der Waals surface area contributed by atoms with Crippen LogP contribution in [0.15, 0.2) is 24.3 Å². The van der Waals surface area contributed by atoms with E-state index >= 15 is 0 Å². The van der Waals surface area contributed by atoms with Crippen molar-refractivity contribution in [3.8, 4) is 11.3 Å². The van der Waals surface area contributed by atoms with E-state index in [1.54, 1.807) is 0 Å². The second-order valence-electron chi connectivity index (χ2n) is 3.07. The third-order valence-electron chi connectivity index (χ3n) is 2.00. The number of rotatable bonds is 1. The Balaban J connectivity index is 2.37. The Kier molecular flexibility index (Phi) is 2.55. The summed E-state index contributed by atoms with van der Waals surface area (Å²) in [7, 11) is 0. The first-order chi connectivity index (χ1) is 7.48. The molecular weight excluding hydrogens is 239 g/mol. The molecule has 1 aromatic carbocycles. The fourth-order valence-corrected chi connectivity index (χ4v) is 1.71. The molecule has 1 aromatic heterocycles. The van der Waals surface area contributed by atoms with Crippen LogP contribution in [-0.2, 0) is 6.18 Å². The number of nitrogens with zero attached hydrogens (tertiary/aromatic N) is 2. The van der Waals surface area contributed by atoms with E-state index in [0.717, 1.165) is 23.9 Å². The highest BCUT2D eigenvalue weighted by Crippen LogP contribution is 2.31. The molecule has 1 heterocycles. The maximum atomic E-state index is 12.3. The number of benzene rings is 1. The molecule has 0 spiro atoms. The number of halogens is 3. The zero-order chi connectivity index (χ0) is 11.8. The molecule has 0 saturated heterocycles. The van der Waals surface area contributed by atoms with Crippen molar-refractivity contribution < 1.29 is 13.2 Å². The minimum absolute atomic E-state index is 0.227. The Morgan fingerprint density at radius 1 is 1.06 bits per heavy atom. The fourth-order valence-electron chi connectivity index (χ4n) is 1.21. The van der Waals surface area contributed by atoms with Crippen LogP contribution in [0.25, 0.3) is 11.3 Å². The second kappa shape index (κ2) is 3.75. The summed E-state index contributed by atoms with van der Waals surface area (Å²) >= 11 is 0.924. The maximum Gasteiger partial charge on any atom is 0.416 e. The zero-order valence-corrected chi connectivity index (χ0v) is 8.64. The molecule has 0 bridgehead atoms. The number of alkyl halides is 3. The first-order valence-corrected chi connectivity index (χ1v) is 4.97. The van der Waals surface area contributed by atoms with E-state index in [2.05, 4.69) is 8.75 Å². The molecule has 0 aliphatic carbocycles. The molecule has 0 aliphatic rings. The minimum atomic E-state index is -4.33. The van der Waals surface area contributed by atoms with Crippen molar-refractivity contribution in [1.29, 1.82) is 0 Å². The van der Waals surface area contributed by atoms with Crippen LogP contribution in [0.1, 0.15) is 5.56 Å². The van der Waals surface area contributed by atoms with Crippen molar-refractivity contribution >= 4 is 17.5 Å². The second-order valence-corrected chi connectivity index (χ2v) is 3.60. The SMILES string of the molecule is Nc1nsnc1-c1ccc(C(F)(F)F)cc1. The monoisotopic (exact) mass is 245 g/mol. The molecule has 2 N–H and O–H groups in total. The first kappa shape index (κ1) is 10.9. The quantitative estimate of drug-likeness (QED) is 0.840. The Hall–Kier alpha value is -1.63. The van der Waals surface area contributed by atoms with Crippen molar-refractivity contribution in [3.63, 3.8) is 0 Å². The van der Waals surface area contributed by atoms with Crippen LogP contribution in [-0.4, -0.2) is 8.75 Å². The Bertz CT molecular complexity index is 489. The molecule has 7 heteroatoms. The van der Waals surface area contributed by atoms with Gasteiger partial charge < -0.3 is 5.73 Å². The minimum Gasteiger partial charge on any atom is -0.381 e. The van der Waals surface area contributed by atoms with E-state index in [9.17, 15) is 13.2 Å². The van der Waals surface area contributed by atoms with Gasteiger partial charge in [0.15, 0.2) is 5.82 Å². The third-order valence-corrected chi connectivity index (χ3v) is 2.54. The molecule has 0 atom stereocenters. The summed E-state index contributed by atoms with van der Waals surface area (Å²) in [4.78, 5) is 0. The highest BCUT2D eigenvalue weighted by atomic mass is 32.1. The van der Waals surface area contributed by atoms with Crippen molar-refractivity contribution in [3.05, 3.63) is 29.8 Å². The van der Waals surface area contributed by atoms with E-state index in [4.69, 9.17) is 5.73 Å². The summed E-state index contributed by atoms with van der Waals surface area (Å²) < 4.78 is 44.5. The van der Waals surface area contributed by atoms with Crippen LogP contribution < -0.4 is 5.73 Å². The first-order valence-electron chi connectivity index (χ1n) is 4.24. The Labute approximate surface area is 93.1 Å². The molecule has 0 aliphatic heterocycles. The van der Waals surface area contributed by atoms with Crippen LogP contribution in [0.5, 0.6) is 0 Å². The summed E-state index contributed by atoms with van der Waals surface area (Å²) in [5.41, 5.74) is 5.76. The summed E-state index contributed by atoms with van der Waals surface area (Å²) in [6.45, 7) is 0. The summed E-state index contributed by atoms with van der Waals surface area (Å²) in [6.07, 6.45) is -4.33. The molecule has 0 saturated carbocycles.